The van der Waals surface area contributed by atoms with Gasteiger partial charge in [-0.15, -0.1) is 0 Å². The second-order valence-corrected chi connectivity index (χ2v) is 6.72. The standard InChI is InChI=1S/C19H25F2N3O/c20-18(21)13-24-10-7-14(8-11-24)19(25)22-9-3-4-15-12-23-17-6-2-1-5-16(15)17/h1-2,5-6,12,14,18,23H,3-4,7-11,13H2,(H,22,25). The highest BCUT2D eigenvalue weighted by Gasteiger charge is 2.25. The molecule has 0 bridgehead atoms. The topological polar surface area (TPSA) is 48.1 Å². The summed E-state index contributed by atoms with van der Waals surface area (Å²) in [5.74, 6) is 0.0256. The summed E-state index contributed by atoms with van der Waals surface area (Å²) in [6.45, 7) is 1.63. The van der Waals surface area contributed by atoms with Crippen LogP contribution in [0.2, 0.25) is 0 Å². The Kier molecular flexibility index (Phi) is 6.02. The van der Waals surface area contributed by atoms with Crippen LogP contribution in [0.4, 0.5) is 8.78 Å². The summed E-state index contributed by atoms with van der Waals surface area (Å²) >= 11 is 0. The number of nitrogens with zero attached hydrogens (tertiary/aromatic N) is 1. The average Bonchev–Trinajstić information content (AvgIpc) is 3.02. The van der Waals surface area contributed by atoms with E-state index in [4.69, 9.17) is 0 Å². The summed E-state index contributed by atoms with van der Waals surface area (Å²) in [5, 5.41) is 4.24. The summed E-state index contributed by atoms with van der Waals surface area (Å²) in [6.07, 6.45) is 2.87. The van der Waals surface area contributed by atoms with Gasteiger partial charge in [0, 0.05) is 29.6 Å². The minimum Gasteiger partial charge on any atom is -0.361 e. The maximum atomic E-state index is 12.4. The Bertz CT molecular complexity index is 693. The van der Waals surface area contributed by atoms with E-state index in [0.717, 1.165) is 18.4 Å². The van der Waals surface area contributed by atoms with Gasteiger partial charge in [0.2, 0.25) is 5.91 Å². The number of aryl methyl sites for hydroxylation is 1. The smallest absolute Gasteiger partial charge is 0.251 e. The van der Waals surface area contributed by atoms with Crippen molar-refractivity contribution in [1.82, 2.24) is 15.2 Å². The van der Waals surface area contributed by atoms with Crippen LogP contribution in [0.3, 0.4) is 0 Å². The number of hydrogen-bond acceptors (Lipinski definition) is 2. The first-order chi connectivity index (χ1) is 12.1. The zero-order chi connectivity index (χ0) is 17.6. The molecule has 1 aromatic heterocycles. The minimum absolute atomic E-state index is 0.0398. The van der Waals surface area contributed by atoms with Gasteiger partial charge in [0.25, 0.3) is 6.43 Å². The number of rotatable bonds is 7. The number of benzene rings is 1. The van der Waals surface area contributed by atoms with Crippen LogP contribution < -0.4 is 5.32 Å². The molecule has 1 fully saturated rings. The van der Waals surface area contributed by atoms with E-state index in [1.807, 2.05) is 18.3 Å². The number of carbonyl (C=O) groups excluding carboxylic acids is 1. The van der Waals surface area contributed by atoms with E-state index in [1.165, 1.54) is 10.9 Å². The van der Waals surface area contributed by atoms with E-state index >= 15 is 0 Å². The number of piperidine rings is 1. The first-order valence-electron chi connectivity index (χ1n) is 8.96. The van der Waals surface area contributed by atoms with Gasteiger partial charge >= 0.3 is 0 Å². The first-order valence-corrected chi connectivity index (χ1v) is 8.96. The predicted molar refractivity (Wildman–Crippen MR) is 94.8 cm³/mol. The van der Waals surface area contributed by atoms with E-state index in [-0.39, 0.29) is 18.4 Å². The Morgan fingerprint density at radius 3 is 2.80 bits per heavy atom. The average molecular weight is 349 g/mol. The van der Waals surface area contributed by atoms with Crippen molar-refractivity contribution in [2.24, 2.45) is 5.92 Å². The summed E-state index contributed by atoms with van der Waals surface area (Å²) in [4.78, 5) is 17.2. The number of para-hydroxylation sites is 1. The van der Waals surface area contributed by atoms with Gasteiger partial charge in [-0.1, -0.05) is 18.2 Å². The van der Waals surface area contributed by atoms with Crippen LogP contribution in [0, 0.1) is 5.92 Å². The molecule has 3 rings (SSSR count). The largest absolute Gasteiger partial charge is 0.361 e. The molecule has 1 aliphatic heterocycles. The molecule has 0 saturated carbocycles. The van der Waals surface area contributed by atoms with E-state index in [1.54, 1.807) is 4.90 Å². The van der Waals surface area contributed by atoms with E-state index < -0.39 is 6.43 Å². The Labute approximate surface area is 146 Å². The SMILES string of the molecule is O=C(NCCCc1c[nH]c2ccccc12)C1CCN(CC(F)F)CC1. The zero-order valence-corrected chi connectivity index (χ0v) is 14.3. The first kappa shape index (κ1) is 17.9. The molecule has 0 atom stereocenters. The molecule has 6 heteroatoms. The highest BCUT2D eigenvalue weighted by molar-refractivity contribution is 5.83. The second-order valence-electron chi connectivity index (χ2n) is 6.72. The molecule has 136 valence electrons. The number of likely N-dealkylation sites (tertiary alicyclic amines) is 1. The van der Waals surface area contributed by atoms with Crippen molar-refractivity contribution in [3.05, 3.63) is 36.0 Å². The molecule has 0 unspecified atom stereocenters. The number of amides is 1. The van der Waals surface area contributed by atoms with Gasteiger partial charge in [0.15, 0.2) is 0 Å². The van der Waals surface area contributed by atoms with Crippen LogP contribution in [-0.2, 0) is 11.2 Å². The summed E-state index contributed by atoms with van der Waals surface area (Å²) < 4.78 is 24.7. The predicted octanol–water partition coefficient (Wildman–Crippen LogP) is 3.19. The fourth-order valence-corrected chi connectivity index (χ4v) is 3.55. The van der Waals surface area contributed by atoms with Gasteiger partial charge in [0.05, 0.1) is 6.54 Å². The number of carbonyl (C=O) groups is 1. The Hall–Kier alpha value is -1.95. The summed E-state index contributed by atoms with van der Waals surface area (Å²) in [6, 6.07) is 8.20. The molecule has 0 aliphatic carbocycles. The van der Waals surface area contributed by atoms with E-state index in [2.05, 4.69) is 22.4 Å². The minimum atomic E-state index is -2.30. The van der Waals surface area contributed by atoms with Gasteiger partial charge in [-0.3, -0.25) is 9.69 Å². The van der Waals surface area contributed by atoms with Crippen LogP contribution >= 0.6 is 0 Å². The number of alkyl halides is 2. The maximum Gasteiger partial charge on any atom is 0.251 e. The number of aromatic amines is 1. The third-order valence-electron chi connectivity index (χ3n) is 4.95. The molecule has 2 aromatic rings. The molecular formula is C19H25F2N3O. The third kappa shape index (κ3) is 4.78. The molecule has 0 radical (unpaired) electrons. The van der Waals surface area contributed by atoms with E-state index in [0.29, 0.717) is 32.5 Å². The van der Waals surface area contributed by atoms with Crippen LogP contribution in [-0.4, -0.2) is 48.4 Å². The number of H-pyrrole nitrogens is 1. The van der Waals surface area contributed by atoms with Gasteiger partial charge in [0.1, 0.15) is 0 Å². The van der Waals surface area contributed by atoms with Crippen molar-refractivity contribution in [2.45, 2.75) is 32.1 Å². The van der Waals surface area contributed by atoms with Crippen molar-refractivity contribution in [1.29, 1.82) is 0 Å². The number of hydrogen-bond donors (Lipinski definition) is 2. The number of aromatic nitrogens is 1. The van der Waals surface area contributed by atoms with Gasteiger partial charge < -0.3 is 10.3 Å². The molecule has 2 heterocycles. The van der Waals surface area contributed by atoms with Crippen molar-refractivity contribution in [3.8, 4) is 0 Å². The molecular weight excluding hydrogens is 324 g/mol. The van der Waals surface area contributed by atoms with Gasteiger partial charge in [-0.05, 0) is 50.4 Å². The molecule has 4 nitrogen and oxygen atoms in total. The number of fused-ring (bicyclic) bond motifs is 1. The Morgan fingerprint density at radius 1 is 1.28 bits per heavy atom. The van der Waals surface area contributed by atoms with Crippen molar-refractivity contribution in [2.75, 3.05) is 26.2 Å². The van der Waals surface area contributed by atoms with Crippen molar-refractivity contribution in [3.63, 3.8) is 0 Å². The van der Waals surface area contributed by atoms with Crippen LogP contribution in [0.5, 0.6) is 0 Å². The lowest BCUT2D eigenvalue weighted by Gasteiger charge is -2.30. The molecule has 1 amide bonds. The molecule has 1 saturated heterocycles. The molecule has 0 spiro atoms. The Morgan fingerprint density at radius 2 is 2.04 bits per heavy atom. The molecule has 1 aromatic carbocycles. The highest BCUT2D eigenvalue weighted by Crippen LogP contribution is 2.20. The van der Waals surface area contributed by atoms with Crippen LogP contribution in [0.1, 0.15) is 24.8 Å². The summed E-state index contributed by atoms with van der Waals surface area (Å²) in [5.41, 5.74) is 2.40. The normalized spacial score (nSPS) is 16.6. The fraction of sp³-hybridized carbons (Fsp3) is 0.526. The molecule has 2 N–H and O–H groups in total. The van der Waals surface area contributed by atoms with Gasteiger partial charge in [-0.25, -0.2) is 8.78 Å². The zero-order valence-electron chi connectivity index (χ0n) is 14.3. The van der Waals surface area contributed by atoms with E-state index in [9.17, 15) is 13.6 Å². The number of nitrogens with one attached hydrogen (secondary N) is 2. The lowest BCUT2D eigenvalue weighted by molar-refractivity contribution is -0.126. The van der Waals surface area contributed by atoms with Gasteiger partial charge in [-0.2, -0.15) is 0 Å². The number of halogens is 2. The van der Waals surface area contributed by atoms with Crippen molar-refractivity contribution < 1.29 is 13.6 Å². The summed E-state index contributed by atoms with van der Waals surface area (Å²) in [7, 11) is 0. The lowest BCUT2D eigenvalue weighted by Crippen LogP contribution is -2.42. The Balaban J connectivity index is 1.37. The molecule has 1 aliphatic rings. The van der Waals surface area contributed by atoms with Crippen LogP contribution in [0.15, 0.2) is 30.5 Å². The fourth-order valence-electron chi connectivity index (χ4n) is 3.55. The van der Waals surface area contributed by atoms with Crippen molar-refractivity contribution >= 4 is 16.8 Å². The van der Waals surface area contributed by atoms with Crippen LogP contribution in [0.25, 0.3) is 10.9 Å². The third-order valence-corrected chi connectivity index (χ3v) is 4.95. The lowest BCUT2D eigenvalue weighted by atomic mass is 9.96. The highest BCUT2D eigenvalue weighted by atomic mass is 19.3. The maximum absolute atomic E-state index is 12.4. The second kappa shape index (κ2) is 8.43. The monoisotopic (exact) mass is 349 g/mol. The quantitative estimate of drug-likeness (QED) is 0.754. The molecule has 25 heavy (non-hydrogen) atoms.